The number of benzene rings is 8. The summed E-state index contributed by atoms with van der Waals surface area (Å²) in [6.07, 6.45) is 6.33. The lowest BCUT2D eigenvalue weighted by molar-refractivity contribution is 0.166. The Morgan fingerprint density at radius 1 is 0.328 bits per heavy atom. The second-order valence-corrected chi connectivity index (χ2v) is 18.3. The topological polar surface area (TPSA) is 43.6 Å². The summed E-state index contributed by atoms with van der Waals surface area (Å²) in [6.45, 7) is 0. The van der Waals surface area contributed by atoms with Gasteiger partial charge < -0.3 is 4.57 Å². The van der Waals surface area contributed by atoms with Crippen LogP contribution >= 0.6 is 0 Å². The molecule has 0 saturated heterocycles. The van der Waals surface area contributed by atoms with Crippen molar-refractivity contribution >= 4 is 21.8 Å². The number of rotatable bonds is 7. The van der Waals surface area contributed by atoms with E-state index in [1.165, 1.54) is 92.9 Å². The molecule has 8 aromatic carbocycles. The highest BCUT2D eigenvalue weighted by Gasteiger charge is 2.46. The minimum absolute atomic E-state index is 0.451. The highest BCUT2D eigenvalue weighted by Crippen LogP contribution is 2.63. The Bertz CT molecular complexity index is 3290. The fourth-order valence-electron chi connectivity index (χ4n) is 12.2. The summed E-state index contributed by atoms with van der Waals surface area (Å²) in [7, 11) is 0. The minimum atomic E-state index is 0.451. The lowest BCUT2D eigenvalue weighted by atomic mass is 9.66. The molecule has 0 spiro atoms. The molecule has 64 heavy (non-hydrogen) atoms. The van der Waals surface area contributed by atoms with Gasteiger partial charge in [0.1, 0.15) is 0 Å². The van der Waals surface area contributed by atoms with E-state index in [0.717, 1.165) is 34.2 Å². The number of hydrogen-bond donors (Lipinski definition) is 0. The van der Waals surface area contributed by atoms with E-state index >= 15 is 0 Å². The summed E-state index contributed by atoms with van der Waals surface area (Å²) in [6, 6.07) is 70.2. The molecule has 2 unspecified atom stereocenters. The zero-order valence-electron chi connectivity index (χ0n) is 35.6. The molecule has 0 N–H and O–H groups in total. The summed E-state index contributed by atoms with van der Waals surface area (Å²) < 4.78 is 2.42. The fourth-order valence-corrected chi connectivity index (χ4v) is 12.2. The predicted octanol–water partition coefficient (Wildman–Crippen LogP) is 15.4. The molecule has 2 saturated carbocycles. The van der Waals surface area contributed by atoms with Crippen LogP contribution in [0.2, 0.25) is 0 Å². The van der Waals surface area contributed by atoms with Gasteiger partial charge in [-0.2, -0.15) is 0 Å². The Labute approximate surface area is 374 Å². The third-order valence-electron chi connectivity index (χ3n) is 14.6. The second-order valence-electron chi connectivity index (χ2n) is 18.3. The Hall–Kier alpha value is -7.43. The van der Waals surface area contributed by atoms with Crippen molar-refractivity contribution in [3.8, 4) is 73.2 Å². The van der Waals surface area contributed by atoms with E-state index in [1.807, 2.05) is 0 Å². The molecule has 10 aromatic rings. The van der Waals surface area contributed by atoms with Crippen LogP contribution in [0.3, 0.4) is 0 Å². The maximum absolute atomic E-state index is 5.62. The van der Waals surface area contributed by atoms with Gasteiger partial charge in [0, 0.05) is 38.7 Å². The molecule has 0 amide bonds. The molecule has 0 aliphatic heterocycles. The van der Waals surface area contributed by atoms with Crippen LogP contribution in [0, 0.1) is 11.8 Å². The van der Waals surface area contributed by atoms with E-state index in [2.05, 4.69) is 199 Å². The second kappa shape index (κ2) is 15.1. The van der Waals surface area contributed by atoms with Crippen molar-refractivity contribution in [3.63, 3.8) is 0 Å². The minimum Gasteiger partial charge on any atom is -0.309 e. The van der Waals surface area contributed by atoms with Crippen molar-refractivity contribution in [1.29, 1.82) is 0 Å². The summed E-state index contributed by atoms with van der Waals surface area (Å²) in [5, 5.41) is 2.46. The van der Waals surface area contributed by atoms with Gasteiger partial charge in [-0.1, -0.05) is 164 Å². The highest BCUT2D eigenvalue weighted by atomic mass is 15.0. The molecule has 4 heteroatoms. The Morgan fingerprint density at radius 3 is 1.31 bits per heavy atom. The van der Waals surface area contributed by atoms with Gasteiger partial charge in [0.15, 0.2) is 17.5 Å². The van der Waals surface area contributed by atoms with E-state index < -0.39 is 0 Å². The van der Waals surface area contributed by atoms with Crippen LogP contribution in [-0.2, 0) is 0 Å². The Balaban J connectivity index is 1.22. The van der Waals surface area contributed by atoms with Crippen molar-refractivity contribution < 1.29 is 0 Å². The first-order chi connectivity index (χ1) is 31.7. The van der Waals surface area contributed by atoms with Crippen LogP contribution in [0.5, 0.6) is 0 Å². The van der Waals surface area contributed by atoms with Gasteiger partial charge in [-0.05, 0) is 125 Å². The van der Waals surface area contributed by atoms with Crippen molar-refractivity contribution in [3.05, 3.63) is 205 Å². The first-order valence-electron chi connectivity index (χ1n) is 23.0. The van der Waals surface area contributed by atoms with Gasteiger partial charge >= 0.3 is 0 Å². The number of aromatic nitrogens is 4. The maximum atomic E-state index is 5.62. The molecule has 2 heterocycles. The standard InChI is InChI=1S/C60H46N4/c1-6-18-40(19-7-1)52-54(44-30-31-51-49(37-44)48-28-16-17-29-50(48)64(51)47-26-14-5-15-27-47)57(60-62-58(42-22-10-3-11-23-42)61-59(63-60)43-24-12-4-13-25-43)53(41-20-8-2-9-21-41)56-46-35-38-32-39(36-46)34-45(33-38)55(52)56/h1-31,37-39,45-46H,32-36H2. The summed E-state index contributed by atoms with van der Waals surface area (Å²) >= 11 is 0. The molecule has 0 radical (unpaired) electrons. The first-order valence-corrected chi connectivity index (χ1v) is 23.0. The number of nitrogens with zero attached hydrogens (tertiary/aromatic N) is 4. The highest BCUT2D eigenvalue weighted by molar-refractivity contribution is 6.12. The molecular formula is C60H46N4. The van der Waals surface area contributed by atoms with Gasteiger partial charge in [-0.15, -0.1) is 0 Å². The average Bonchev–Trinajstić information content (AvgIpc) is 3.59. The van der Waals surface area contributed by atoms with E-state index in [4.69, 9.17) is 15.0 Å². The predicted molar refractivity (Wildman–Crippen MR) is 262 cm³/mol. The first kappa shape index (κ1) is 37.2. The summed E-state index contributed by atoms with van der Waals surface area (Å²) in [5.41, 5.74) is 17.1. The van der Waals surface area contributed by atoms with Crippen LogP contribution in [0.25, 0.3) is 95.0 Å². The van der Waals surface area contributed by atoms with Crippen LogP contribution in [-0.4, -0.2) is 19.5 Å². The van der Waals surface area contributed by atoms with Crippen LogP contribution in [0.1, 0.15) is 55.1 Å². The SMILES string of the molecule is c1ccc(-c2nc(-c3ccccc3)nc(-c3c(-c4ccc5c(c4)c4ccccc4n5-c4ccccc4)c(-c4ccccc4)c4c(c3-c3ccccc3)C3CC5CC(CC4C5)C3)n2)cc1. The average molecular weight is 823 g/mol. The summed E-state index contributed by atoms with van der Waals surface area (Å²) in [4.78, 5) is 16.5. The molecule has 4 aliphatic carbocycles. The van der Waals surface area contributed by atoms with Crippen LogP contribution in [0.15, 0.2) is 194 Å². The molecule has 2 aromatic heterocycles. The van der Waals surface area contributed by atoms with Crippen LogP contribution in [0.4, 0.5) is 0 Å². The largest absolute Gasteiger partial charge is 0.309 e. The van der Waals surface area contributed by atoms with E-state index in [1.54, 1.807) is 5.56 Å². The van der Waals surface area contributed by atoms with Crippen molar-refractivity contribution in [1.82, 2.24) is 19.5 Å². The van der Waals surface area contributed by atoms with E-state index in [9.17, 15) is 0 Å². The zero-order chi connectivity index (χ0) is 42.1. The van der Waals surface area contributed by atoms with Gasteiger partial charge in [0.2, 0.25) is 0 Å². The van der Waals surface area contributed by atoms with Gasteiger partial charge in [-0.3, -0.25) is 0 Å². The third kappa shape index (κ3) is 6.07. The van der Waals surface area contributed by atoms with Crippen LogP contribution < -0.4 is 0 Å². The molecule has 2 atom stereocenters. The van der Waals surface area contributed by atoms with Crippen molar-refractivity contribution in [2.45, 2.75) is 43.9 Å². The molecule has 14 rings (SSSR count). The molecule has 4 bridgehead atoms. The van der Waals surface area contributed by atoms with Gasteiger partial charge in [0.25, 0.3) is 0 Å². The number of fused-ring (bicyclic) bond motifs is 3. The monoisotopic (exact) mass is 822 g/mol. The smallest absolute Gasteiger partial charge is 0.165 e. The van der Waals surface area contributed by atoms with Crippen molar-refractivity contribution in [2.75, 3.05) is 0 Å². The Morgan fingerprint density at radius 2 is 0.766 bits per heavy atom. The van der Waals surface area contributed by atoms with Gasteiger partial charge in [0.05, 0.1) is 11.0 Å². The molecular weight excluding hydrogens is 777 g/mol. The van der Waals surface area contributed by atoms with Crippen molar-refractivity contribution in [2.24, 2.45) is 11.8 Å². The summed E-state index contributed by atoms with van der Waals surface area (Å²) in [5.74, 6) is 4.45. The Kier molecular flexibility index (Phi) is 8.79. The molecule has 4 aliphatic rings. The molecule has 306 valence electrons. The fraction of sp³-hybridized carbons (Fsp3) is 0.150. The molecule has 2 fully saturated rings. The lowest BCUT2D eigenvalue weighted by Gasteiger charge is -2.38. The lowest BCUT2D eigenvalue weighted by Crippen LogP contribution is -2.25. The normalized spacial score (nSPS) is 18.6. The maximum Gasteiger partial charge on any atom is 0.165 e. The number of hydrogen-bond acceptors (Lipinski definition) is 3. The van der Waals surface area contributed by atoms with E-state index in [0.29, 0.717) is 29.3 Å². The zero-order valence-corrected chi connectivity index (χ0v) is 35.6. The third-order valence-corrected chi connectivity index (χ3v) is 14.6. The number of para-hydroxylation sites is 2. The quantitative estimate of drug-likeness (QED) is 0.161. The van der Waals surface area contributed by atoms with Gasteiger partial charge in [-0.25, -0.2) is 15.0 Å². The molecule has 4 nitrogen and oxygen atoms in total. The van der Waals surface area contributed by atoms with E-state index in [-0.39, 0.29) is 0 Å².